The number of carbonyl (C=O) groups is 1. The molecule has 0 amide bonds. The van der Waals surface area contributed by atoms with Crippen molar-refractivity contribution in [1.29, 1.82) is 0 Å². The largest absolute Gasteiger partial charge is 0.490 e. The van der Waals surface area contributed by atoms with Gasteiger partial charge in [0.05, 0.1) is 32.0 Å². The van der Waals surface area contributed by atoms with Crippen molar-refractivity contribution in [2.24, 2.45) is 0 Å². The van der Waals surface area contributed by atoms with Crippen LogP contribution in [0.5, 0.6) is 34.5 Å². The van der Waals surface area contributed by atoms with Crippen LogP contribution in [-0.2, 0) is 24.6 Å². The van der Waals surface area contributed by atoms with Crippen LogP contribution in [0.3, 0.4) is 0 Å². The fourth-order valence-electron chi connectivity index (χ4n) is 13.8. The Morgan fingerprint density at radius 1 is 0.265 bits per heavy atom. The second-order valence-electron chi connectivity index (χ2n) is 30.0. The van der Waals surface area contributed by atoms with Crippen LogP contribution in [0.1, 0.15) is 420 Å². The van der Waals surface area contributed by atoms with E-state index in [2.05, 4.69) is 57.9 Å². The number of ether oxygens (including phenoxy) is 7. The van der Waals surface area contributed by atoms with Gasteiger partial charge in [-0.1, -0.05) is 392 Å². The van der Waals surface area contributed by atoms with Crippen molar-refractivity contribution in [2.75, 3.05) is 26.4 Å². The number of carbonyl (C=O) groups excluding carboxylic acids is 1. The van der Waals surface area contributed by atoms with Crippen molar-refractivity contribution < 1.29 is 38.0 Å². The first-order valence-electron chi connectivity index (χ1n) is 43.4. The molecule has 8 heteroatoms. The van der Waals surface area contributed by atoms with Gasteiger partial charge < -0.3 is 33.2 Å². The third-order valence-electron chi connectivity index (χ3n) is 20.5. The highest BCUT2D eigenvalue weighted by atomic mass is 16.5. The van der Waals surface area contributed by atoms with E-state index in [9.17, 15) is 4.79 Å². The highest BCUT2D eigenvalue weighted by Gasteiger charge is 2.16. The van der Waals surface area contributed by atoms with E-state index in [4.69, 9.17) is 39.6 Å². The smallest absolute Gasteiger partial charge is 0.338 e. The predicted octanol–water partition coefficient (Wildman–Crippen LogP) is 29.6. The molecule has 0 fully saturated rings. The maximum Gasteiger partial charge on any atom is 0.338 e. The van der Waals surface area contributed by atoms with Gasteiger partial charge >= 0.3 is 5.97 Å². The van der Waals surface area contributed by atoms with Crippen LogP contribution in [0.25, 0.3) is 0 Å². The number of hydrogen-bond donors (Lipinski definition) is 0. The standard InChI is InChI=1S/C94H152O8/c1-6-11-15-19-23-27-31-35-39-43-47-51-55-59-71-96-90-69-67-85(75-92(90)98-73-61-57-53-49-45-41-37-33-29-25-21-17-13-8-3)81-100-88-77-87(94(95)102-80-84-65-63-83(10-5)64-66-84)78-89(79-88)101-82-86-68-70-91(97-72-60-56-52-48-44-40-36-32-28-24-20-16-12-7-2)93(76-86)99-74-62-58-54-50-46-42-38-34-30-26-22-18-14-9-4/h5,63-70,75-79H,6-9,11-62,71-74,80-82H2,1-4H3. The molecule has 0 saturated carbocycles. The van der Waals surface area contributed by atoms with Crippen molar-refractivity contribution in [1.82, 2.24) is 0 Å². The van der Waals surface area contributed by atoms with E-state index in [1.54, 1.807) is 12.1 Å². The summed E-state index contributed by atoms with van der Waals surface area (Å²) in [5, 5.41) is 0. The minimum absolute atomic E-state index is 0.0941. The maximum absolute atomic E-state index is 14.0. The lowest BCUT2D eigenvalue weighted by molar-refractivity contribution is 0.0471. The highest BCUT2D eigenvalue weighted by Crippen LogP contribution is 2.34. The molecule has 0 bridgehead atoms. The second kappa shape index (κ2) is 65.2. The topological polar surface area (TPSA) is 81.7 Å². The molecule has 0 saturated heterocycles. The molecular weight excluding hydrogens is 1260 g/mol. The Balaban J connectivity index is 1.40. The molecule has 0 unspecified atom stereocenters. The minimum atomic E-state index is -0.481. The van der Waals surface area contributed by atoms with Gasteiger partial charge in [-0.25, -0.2) is 4.79 Å². The number of hydrogen-bond acceptors (Lipinski definition) is 8. The van der Waals surface area contributed by atoms with Crippen molar-refractivity contribution in [3.63, 3.8) is 0 Å². The fourth-order valence-corrected chi connectivity index (χ4v) is 13.8. The fraction of sp³-hybridized carbons (Fsp3) is 0.713. The molecule has 4 aromatic rings. The summed E-state index contributed by atoms with van der Waals surface area (Å²) in [5.74, 6) is 6.23. The van der Waals surface area contributed by atoms with Gasteiger partial charge in [0.25, 0.3) is 0 Å². The van der Waals surface area contributed by atoms with Gasteiger partial charge in [-0.05, 0) is 90.9 Å². The lowest BCUT2D eigenvalue weighted by Gasteiger charge is -2.16. The van der Waals surface area contributed by atoms with Crippen LogP contribution >= 0.6 is 0 Å². The Morgan fingerprint density at radius 3 is 0.775 bits per heavy atom. The third-order valence-corrected chi connectivity index (χ3v) is 20.5. The van der Waals surface area contributed by atoms with E-state index in [0.717, 1.165) is 83.8 Å². The van der Waals surface area contributed by atoms with Gasteiger partial charge in [-0.15, -0.1) is 6.42 Å². The van der Waals surface area contributed by atoms with Crippen molar-refractivity contribution in [2.45, 2.75) is 407 Å². The molecule has 4 aromatic carbocycles. The van der Waals surface area contributed by atoms with Crippen LogP contribution < -0.4 is 28.4 Å². The Labute approximate surface area is 627 Å². The summed E-state index contributed by atoms with van der Waals surface area (Å²) in [7, 11) is 0. The summed E-state index contributed by atoms with van der Waals surface area (Å²) >= 11 is 0. The van der Waals surface area contributed by atoms with Crippen LogP contribution in [0.2, 0.25) is 0 Å². The maximum atomic E-state index is 14.0. The average molecular weight is 1410 g/mol. The van der Waals surface area contributed by atoms with E-state index in [1.165, 1.54) is 321 Å². The Kier molecular flexibility index (Phi) is 57.0. The van der Waals surface area contributed by atoms with E-state index in [-0.39, 0.29) is 19.8 Å². The lowest BCUT2D eigenvalue weighted by atomic mass is 10.0. The van der Waals surface area contributed by atoms with Crippen molar-refractivity contribution >= 4 is 5.97 Å². The first-order chi connectivity index (χ1) is 50.5. The molecule has 4 rings (SSSR count). The molecule has 102 heavy (non-hydrogen) atoms. The highest BCUT2D eigenvalue weighted by molar-refractivity contribution is 5.90. The second-order valence-corrected chi connectivity index (χ2v) is 30.0. The monoisotopic (exact) mass is 1410 g/mol. The molecule has 0 aromatic heterocycles. The number of esters is 1. The van der Waals surface area contributed by atoms with Gasteiger partial charge in [0.1, 0.15) is 31.3 Å². The molecule has 0 aliphatic carbocycles. The van der Waals surface area contributed by atoms with E-state index in [1.807, 2.05) is 42.5 Å². The van der Waals surface area contributed by atoms with Gasteiger partial charge in [0.2, 0.25) is 0 Å². The third kappa shape index (κ3) is 47.9. The van der Waals surface area contributed by atoms with E-state index in [0.29, 0.717) is 43.5 Å². The van der Waals surface area contributed by atoms with Gasteiger partial charge in [0.15, 0.2) is 23.0 Å². The SMILES string of the molecule is C#Cc1ccc(COC(=O)c2cc(OCc3ccc(OCCCCCCCCCCCCCCCC)c(OCCCCCCCCCCCCCCCC)c3)cc(OCc3ccc(OCCCCCCCCCCCCCCCC)c(OCCCCCCCCCCCCCCCC)c3)c2)cc1. The number of terminal acetylenes is 1. The zero-order chi connectivity index (χ0) is 72.3. The summed E-state index contributed by atoms with van der Waals surface area (Å²) in [6.07, 6.45) is 79.6. The molecule has 0 atom stereocenters. The van der Waals surface area contributed by atoms with Gasteiger partial charge in [0, 0.05) is 11.6 Å². The molecule has 0 heterocycles. The molecular formula is C94H152O8. The Hall–Kier alpha value is -5.29. The predicted molar refractivity (Wildman–Crippen MR) is 435 cm³/mol. The molecule has 0 radical (unpaired) electrons. The van der Waals surface area contributed by atoms with E-state index < -0.39 is 5.97 Å². The molecule has 0 aliphatic rings. The first-order valence-corrected chi connectivity index (χ1v) is 43.4. The van der Waals surface area contributed by atoms with Crippen molar-refractivity contribution in [3.05, 3.63) is 107 Å². The summed E-state index contributed by atoms with van der Waals surface area (Å²) in [5.41, 5.74) is 3.82. The van der Waals surface area contributed by atoms with E-state index >= 15 is 0 Å². The molecule has 0 aliphatic heterocycles. The summed E-state index contributed by atoms with van der Waals surface area (Å²) < 4.78 is 45.3. The first kappa shape index (κ1) is 89.1. The zero-order valence-corrected chi connectivity index (χ0v) is 66.4. The molecule has 8 nitrogen and oxygen atoms in total. The van der Waals surface area contributed by atoms with Crippen LogP contribution in [0.4, 0.5) is 0 Å². The number of unbranched alkanes of at least 4 members (excludes halogenated alkanes) is 52. The molecule has 576 valence electrons. The van der Waals surface area contributed by atoms with Crippen molar-refractivity contribution in [3.8, 4) is 46.8 Å². The summed E-state index contributed by atoms with van der Waals surface area (Å²) in [6.45, 7) is 12.4. The van der Waals surface area contributed by atoms with Crippen LogP contribution in [-0.4, -0.2) is 32.4 Å². The molecule has 0 spiro atoms. The number of benzene rings is 4. The Bertz CT molecular complexity index is 2460. The average Bonchev–Trinajstić information content (AvgIpc) is 0.858. The van der Waals surface area contributed by atoms with Gasteiger partial charge in [-0.3, -0.25) is 0 Å². The minimum Gasteiger partial charge on any atom is -0.490 e. The quantitative estimate of drug-likeness (QED) is 0.0246. The summed E-state index contributed by atoms with van der Waals surface area (Å²) in [6, 6.07) is 25.2. The Morgan fingerprint density at radius 2 is 0.510 bits per heavy atom. The van der Waals surface area contributed by atoms with Gasteiger partial charge in [-0.2, -0.15) is 0 Å². The normalized spacial score (nSPS) is 11.3. The lowest BCUT2D eigenvalue weighted by Crippen LogP contribution is -2.07. The summed E-state index contributed by atoms with van der Waals surface area (Å²) in [4.78, 5) is 14.0. The zero-order valence-electron chi connectivity index (χ0n) is 66.4. The molecule has 0 N–H and O–H groups in total. The van der Waals surface area contributed by atoms with Crippen LogP contribution in [0, 0.1) is 12.3 Å². The number of rotatable bonds is 73. The van der Waals surface area contributed by atoms with Crippen LogP contribution in [0.15, 0.2) is 78.9 Å².